The molecule has 70 heavy (non-hydrogen) atoms. The number of rotatable bonds is 9. The molecule has 1 aliphatic rings. The van der Waals surface area contributed by atoms with Gasteiger partial charge in [0.25, 0.3) is 0 Å². The van der Waals surface area contributed by atoms with Crippen LogP contribution in [0.5, 0.6) is 0 Å². The van der Waals surface area contributed by atoms with E-state index in [9.17, 15) is 0 Å². The van der Waals surface area contributed by atoms with Gasteiger partial charge < -0.3 is 4.90 Å². The number of anilines is 2. The fraction of sp³-hybridized carbons (Fsp3) is 0.0156. The average Bonchev–Trinajstić information content (AvgIpc) is 3.80. The van der Waals surface area contributed by atoms with Crippen molar-refractivity contribution < 1.29 is 0 Å². The van der Waals surface area contributed by atoms with Gasteiger partial charge in [-0.05, 0) is 79.9 Å². The Bertz CT molecular complexity index is 3660. The third-order valence-corrected chi connectivity index (χ3v) is 18.3. The lowest BCUT2D eigenvalue weighted by molar-refractivity contribution is 0.953. The van der Waals surface area contributed by atoms with E-state index in [0.29, 0.717) is 17.6 Å². The van der Waals surface area contributed by atoms with Crippen LogP contribution in [0, 0.1) is 0 Å². The zero-order valence-corrected chi connectivity index (χ0v) is 39.5. The monoisotopic (exact) mass is 913 g/mol. The van der Waals surface area contributed by atoms with Gasteiger partial charge in [-0.25, -0.2) is 4.98 Å². The molecule has 9 aromatic carbocycles. The summed E-state index contributed by atoms with van der Waals surface area (Å²) in [5.74, 6) is 1.77. The summed E-state index contributed by atoms with van der Waals surface area (Å²) in [5, 5.41) is 7.39. The number of nitrogens with zero attached hydrogens (tertiary/aromatic N) is 5. The van der Waals surface area contributed by atoms with Crippen molar-refractivity contribution in [1.82, 2.24) is 19.5 Å². The minimum Gasteiger partial charge on any atom is -0.337 e. The summed E-state index contributed by atoms with van der Waals surface area (Å²) in [6.45, 7) is 5.28. The predicted molar refractivity (Wildman–Crippen MR) is 295 cm³/mol. The molecule has 2 aromatic heterocycles. The highest BCUT2D eigenvalue weighted by atomic mass is 28.3. The molecular formula is C64H47N5Si. The second-order valence-electron chi connectivity index (χ2n) is 17.7. The molecule has 12 rings (SSSR count). The van der Waals surface area contributed by atoms with E-state index in [-0.39, 0.29) is 0 Å². The third kappa shape index (κ3) is 7.57. The lowest BCUT2D eigenvalue weighted by atomic mass is 9.96. The lowest BCUT2D eigenvalue weighted by Crippen LogP contribution is -2.74. The molecule has 0 saturated carbocycles. The number of para-hydroxylation sites is 2. The van der Waals surface area contributed by atoms with Crippen molar-refractivity contribution in [2.24, 2.45) is 0 Å². The molecule has 0 N–H and O–H groups in total. The van der Waals surface area contributed by atoms with Crippen molar-refractivity contribution in [3.63, 3.8) is 0 Å². The minimum atomic E-state index is -2.84. The van der Waals surface area contributed by atoms with Gasteiger partial charge in [0.2, 0.25) is 5.95 Å². The first-order valence-corrected chi connectivity index (χ1v) is 25.8. The normalized spacial score (nSPS) is 13.6. The molecule has 3 heterocycles. The van der Waals surface area contributed by atoms with Crippen LogP contribution in [-0.2, 0) is 0 Å². The number of aromatic nitrogens is 4. The van der Waals surface area contributed by atoms with Gasteiger partial charge in [0.1, 0.15) is 0 Å². The molecule has 0 bridgehead atoms. The summed E-state index contributed by atoms with van der Waals surface area (Å²) < 4.78 is 2.20. The van der Waals surface area contributed by atoms with Gasteiger partial charge >= 0.3 is 0 Å². The molecule has 0 unspecified atom stereocenters. The van der Waals surface area contributed by atoms with Crippen LogP contribution in [0.3, 0.4) is 0 Å². The Morgan fingerprint density at radius 2 is 0.957 bits per heavy atom. The second-order valence-corrected chi connectivity index (χ2v) is 21.5. The first kappa shape index (κ1) is 42.4. The van der Waals surface area contributed by atoms with Gasteiger partial charge in [-0.15, -0.1) is 0 Å². The van der Waals surface area contributed by atoms with Crippen LogP contribution in [0.1, 0.15) is 5.56 Å². The summed E-state index contributed by atoms with van der Waals surface area (Å²) in [6.07, 6.45) is 8.47. The Labute approximate surface area is 409 Å². The maximum absolute atomic E-state index is 5.44. The molecular weight excluding hydrogens is 867 g/mol. The van der Waals surface area contributed by atoms with Crippen LogP contribution in [-0.4, -0.2) is 34.1 Å². The van der Waals surface area contributed by atoms with Gasteiger partial charge in [-0.3, -0.25) is 4.57 Å². The standard InChI is InChI=1S/C64H47N5Si/c1-46-23-8-7-21-42-68(51-27-11-3-12-28-51)59-40-38-48(44-57(46)59)49-39-41-61-58(45-49)56-36-19-20-37-60(56)69(61)64-66-62(47-24-9-2-10-25-47)65-63(67-64)50-26-22-35-55(43-50)70(52-29-13-4-14-30-52,53-31-15-5-16-32-53)54-33-17-6-18-34-54/h2-41,43-45H,1,42H2/b21-7-,23-8-. The number of benzene rings is 9. The van der Waals surface area contributed by atoms with E-state index >= 15 is 0 Å². The van der Waals surface area contributed by atoms with Crippen LogP contribution in [0.4, 0.5) is 11.4 Å². The van der Waals surface area contributed by atoms with Crippen molar-refractivity contribution in [3.8, 4) is 39.9 Å². The van der Waals surface area contributed by atoms with Crippen molar-refractivity contribution in [3.05, 3.63) is 273 Å². The fourth-order valence-corrected chi connectivity index (χ4v) is 15.1. The number of fused-ring (bicyclic) bond motifs is 4. The Hall–Kier alpha value is -8.97. The maximum Gasteiger partial charge on any atom is 0.238 e. The van der Waals surface area contributed by atoms with E-state index < -0.39 is 8.07 Å². The van der Waals surface area contributed by atoms with Crippen LogP contribution in [0.2, 0.25) is 0 Å². The Balaban J connectivity index is 1.03. The molecule has 11 aromatic rings. The summed E-state index contributed by atoms with van der Waals surface area (Å²) >= 11 is 0. The van der Waals surface area contributed by atoms with E-state index in [2.05, 4.69) is 259 Å². The Kier molecular flexibility index (Phi) is 11.1. The van der Waals surface area contributed by atoms with E-state index in [1.807, 2.05) is 18.2 Å². The molecule has 1 aliphatic heterocycles. The summed E-state index contributed by atoms with van der Waals surface area (Å²) in [7, 11) is -2.84. The first-order valence-electron chi connectivity index (χ1n) is 23.8. The van der Waals surface area contributed by atoms with Gasteiger partial charge in [-0.1, -0.05) is 225 Å². The van der Waals surface area contributed by atoms with Gasteiger partial charge in [0.15, 0.2) is 19.7 Å². The van der Waals surface area contributed by atoms with E-state index in [1.54, 1.807) is 0 Å². The molecule has 5 nitrogen and oxygen atoms in total. The number of hydrogen-bond acceptors (Lipinski definition) is 4. The van der Waals surface area contributed by atoms with Crippen LogP contribution in [0.25, 0.3) is 67.2 Å². The maximum atomic E-state index is 5.44. The SMILES string of the molecule is C=C1/C=C\C=C/CN(c2ccccc2)c2ccc(-c3ccc4c(c3)c3ccccc3n4-c3nc(-c4ccccc4)nc(-c4cccc([Si](c5ccccc5)(c5ccccc5)c5ccccc5)c4)n3)cc21. The van der Waals surface area contributed by atoms with Crippen LogP contribution in [0.15, 0.2) is 267 Å². The van der Waals surface area contributed by atoms with Crippen molar-refractivity contribution >= 4 is 67.6 Å². The molecule has 0 atom stereocenters. The fourth-order valence-electron chi connectivity index (χ4n) is 10.3. The topological polar surface area (TPSA) is 46.8 Å². The molecule has 0 spiro atoms. The zero-order valence-electron chi connectivity index (χ0n) is 38.5. The third-order valence-electron chi connectivity index (χ3n) is 13.6. The van der Waals surface area contributed by atoms with Crippen molar-refractivity contribution in [2.75, 3.05) is 11.4 Å². The Morgan fingerprint density at radius 1 is 0.414 bits per heavy atom. The van der Waals surface area contributed by atoms with Crippen molar-refractivity contribution in [2.45, 2.75) is 0 Å². The highest BCUT2D eigenvalue weighted by Gasteiger charge is 2.41. The largest absolute Gasteiger partial charge is 0.337 e. The molecule has 332 valence electrons. The molecule has 0 radical (unpaired) electrons. The lowest BCUT2D eigenvalue weighted by Gasteiger charge is -2.34. The van der Waals surface area contributed by atoms with Gasteiger partial charge in [0, 0.05) is 45.4 Å². The highest BCUT2D eigenvalue weighted by Crippen LogP contribution is 2.39. The molecule has 6 heteroatoms. The van der Waals surface area contributed by atoms with E-state index in [0.717, 1.165) is 73.1 Å². The quantitative estimate of drug-likeness (QED) is 0.107. The summed E-state index contributed by atoms with van der Waals surface area (Å²) in [6, 6.07) is 84.8. The van der Waals surface area contributed by atoms with Gasteiger partial charge in [-0.2, -0.15) is 9.97 Å². The van der Waals surface area contributed by atoms with E-state index in [4.69, 9.17) is 15.0 Å². The van der Waals surface area contributed by atoms with Crippen LogP contribution >= 0.6 is 0 Å². The smallest absolute Gasteiger partial charge is 0.238 e. The summed E-state index contributed by atoms with van der Waals surface area (Å²) in [4.78, 5) is 18.4. The van der Waals surface area contributed by atoms with E-state index in [1.165, 1.54) is 20.7 Å². The number of hydrogen-bond donors (Lipinski definition) is 0. The minimum absolute atomic E-state index is 0.556. The molecule has 0 saturated heterocycles. The Morgan fingerprint density at radius 3 is 1.64 bits per heavy atom. The first-order chi connectivity index (χ1) is 34.6. The molecule has 0 aliphatic carbocycles. The highest BCUT2D eigenvalue weighted by molar-refractivity contribution is 7.19. The molecule has 0 amide bonds. The number of allylic oxidation sites excluding steroid dienone is 4. The summed E-state index contributed by atoms with van der Waals surface area (Å²) in [5.41, 5.74) is 10.4. The van der Waals surface area contributed by atoms with Crippen LogP contribution < -0.4 is 25.6 Å². The molecule has 0 fully saturated rings. The van der Waals surface area contributed by atoms with Crippen molar-refractivity contribution in [1.29, 1.82) is 0 Å². The second kappa shape index (κ2) is 18.3. The zero-order chi connectivity index (χ0) is 46.9. The predicted octanol–water partition coefficient (Wildman–Crippen LogP) is 12.6. The van der Waals surface area contributed by atoms with Gasteiger partial charge in [0.05, 0.1) is 11.0 Å². The average molecular weight is 914 g/mol.